The monoisotopic (exact) mass is 443 g/mol. The first-order valence-corrected chi connectivity index (χ1v) is 12.6. The molecule has 0 saturated carbocycles. The van der Waals surface area contributed by atoms with E-state index in [1.165, 1.54) is 0 Å². The molecule has 2 N–H and O–H groups in total. The summed E-state index contributed by atoms with van der Waals surface area (Å²) in [5.41, 5.74) is 3.98. The average Bonchev–Trinajstić information content (AvgIpc) is 3.48. The second-order valence-corrected chi connectivity index (χ2v) is 10.2. The molecule has 0 aliphatic heterocycles. The predicted octanol–water partition coefficient (Wildman–Crippen LogP) is 4.95. The summed E-state index contributed by atoms with van der Waals surface area (Å²) in [6.07, 6.45) is 1.43. The Hall–Kier alpha value is -2.26. The van der Waals surface area contributed by atoms with Crippen LogP contribution in [0.3, 0.4) is 0 Å². The summed E-state index contributed by atoms with van der Waals surface area (Å²) in [6.45, 7) is 2.34. The molecule has 0 bridgehead atoms. The van der Waals surface area contributed by atoms with Crippen molar-refractivity contribution in [1.82, 2.24) is 14.9 Å². The Kier molecular flexibility index (Phi) is 5.96. The van der Waals surface area contributed by atoms with Crippen LogP contribution in [0.4, 0.5) is 0 Å². The minimum Gasteiger partial charge on any atom is -0.276 e. The second kappa shape index (κ2) is 8.62. The summed E-state index contributed by atoms with van der Waals surface area (Å²) in [5.74, 6) is 0. The number of hydrogen-bond acceptors (Lipinski definition) is 5. The quantitative estimate of drug-likeness (QED) is 0.405. The normalized spacial score (nSPS) is 11.8. The summed E-state index contributed by atoms with van der Waals surface area (Å²) in [6, 6.07) is 15.1. The predicted molar refractivity (Wildman–Crippen MR) is 120 cm³/mol. The van der Waals surface area contributed by atoms with Gasteiger partial charge in [-0.1, -0.05) is 31.2 Å². The van der Waals surface area contributed by atoms with Crippen molar-refractivity contribution >= 4 is 32.7 Å². The number of rotatable bonds is 8. The lowest BCUT2D eigenvalue weighted by Gasteiger charge is -2.09. The molecule has 0 spiro atoms. The van der Waals surface area contributed by atoms with Crippen molar-refractivity contribution in [3.8, 4) is 21.1 Å². The van der Waals surface area contributed by atoms with E-state index < -0.39 is 10.0 Å². The molecule has 0 atom stereocenters. The molecule has 0 saturated heterocycles. The number of sulfonamides is 1. The number of benzene rings is 1. The van der Waals surface area contributed by atoms with E-state index in [1.807, 2.05) is 54.1 Å². The minimum absolute atomic E-state index is 0.291. The van der Waals surface area contributed by atoms with E-state index in [9.17, 15) is 8.42 Å². The summed E-state index contributed by atoms with van der Waals surface area (Å²) in [4.78, 5) is 2.45. The fraction of sp³-hybridized carbons (Fsp3) is 0.190. The lowest BCUT2D eigenvalue weighted by Crippen LogP contribution is -2.26. The van der Waals surface area contributed by atoms with Crippen molar-refractivity contribution in [3.05, 3.63) is 70.4 Å². The first kappa shape index (κ1) is 20.0. The highest BCUT2D eigenvalue weighted by atomic mass is 32.2. The maximum atomic E-state index is 12.7. The standard InChI is InChI=1S/C21H21N3O2S3/c1-2-15-7-9-16(10-8-15)29(25,26)22-12-11-17-20(18-5-3-13-27-18)23-24-21(17)19-6-4-14-28-19/h3-10,13-14,22H,2,11-12H2,1H3,(H,23,24). The third-order valence-electron chi connectivity index (χ3n) is 4.70. The molecule has 5 nitrogen and oxygen atoms in total. The molecule has 0 unspecified atom stereocenters. The Morgan fingerprint density at radius 2 is 1.69 bits per heavy atom. The molecule has 4 aromatic rings. The largest absolute Gasteiger partial charge is 0.276 e. The zero-order valence-corrected chi connectivity index (χ0v) is 18.3. The molecule has 8 heteroatoms. The van der Waals surface area contributed by atoms with Crippen molar-refractivity contribution in [2.75, 3.05) is 6.54 Å². The van der Waals surface area contributed by atoms with Gasteiger partial charge in [-0.15, -0.1) is 22.7 Å². The molecular weight excluding hydrogens is 422 g/mol. The maximum Gasteiger partial charge on any atom is 0.240 e. The van der Waals surface area contributed by atoms with Crippen LogP contribution in [0, 0.1) is 0 Å². The lowest BCUT2D eigenvalue weighted by molar-refractivity contribution is 0.581. The van der Waals surface area contributed by atoms with Gasteiger partial charge in [-0.3, -0.25) is 5.10 Å². The van der Waals surface area contributed by atoms with E-state index >= 15 is 0 Å². The van der Waals surface area contributed by atoms with E-state index in [0.717, 1.165) is 38.7 Å². The Bertz CT molecular complexity index is 1110. The van der Waals surface area contributed by atoms with Crippen LogP contribution in [0.2, 0.25) is 0 Å². The molecular formula is C21H21N3O2S3. The molecule has 0 aliphatic carbocycles. The summed E-state index contributed by atoms with van der Waals surface area (Å²) >= 11 is 3.26. The molecule has 0 radical (unpaired) electrons. The van der Waals surface area contributed by atoms with Crippen molar-refractivity contribution < 1.29 is 8.42 Å². The fourth-order valence-electron chi connectivity index (χ4n) is 3.15. The third kappa shape index (κ3) is 4.35. The number of aromatic nitrogens is 2. The third-order valence-corrected chi connectivity index (χ3v) is 7.94. The molecule has 3 heterocycles. The van der Waals surface area contributed by atoms with Gasteiger partial charge in [0.05, 0.1) is 20.3 Å². The van der Waals surface area contributed by atoms with E-state index in [0.29, 0.717) is 17.9 Å². The van der Waals surface area contributed by atoms with Gasteiger partial charge in [0.25, 0.3) is 0 Å². The van der Waals surface area contributed by atoms with Gasteiger partial charge in [0.2, 0.25) is 10.0 Å². The van der Waals surface area contributed by atoms with E-state index in [1.54, 1.807) is 34.8 Å². The zero-order valence-electron chi connectivity index (χ0n) is 15.9. The lowest BCUT2D eigenvalue weighted by atomic mass is 10.1. The molecule has 1 aromatic carbocycles. The maximum absolute atomic E-state index is 12.7. The van der Waals surface area contributed by atoms with Crippen molar-refractivity contribution in [2.45, 2.75) is 24.7 Å². The van der Waals surface area contributed by atoms with Crippen LogP contribution in [0.5, 0.6) is 0 Å². The highest BCUT2D eigenvalue weighted by Crippen LogP contribution is 2.34. The van der Waals surface area contributed by atoms with Gasteiger partial charge in [-0.05, 0) is 53.4 Å². The molecule has 4 rings (SSSR count). The second-order valence-electron chi connectivity index (χ2n) is 6.53. The van der Waals surface area contributed by atoms with Crippen LogP contribution in [-0.4, -0.2) is 25.2 Å². The van der Waals surface area contributed by atoms with Crippen LogP contribution in [0.15, 0.2) is 64.2 Å². The molecule has 150 valence electrons. The van der Waals surface area contributed by atoms with Crippen LogP contribution >= 0.6 is 22.7 Å². The summed E-state index contributed by atoms with van der Waals surface area (Å²) in [7, 11) is -3.55. The zero-order chi connectivity index (χ0) is 20.3. The van der Waals surface area contributed by atoms with Gasteiger partial charge in [0.1, 0.15) is 5.69 Å². The van der Waals surface area contributed by atoms with E-state index in [2.05, 4.69) is 14.9 Å². The number of hydrogen-bond donors (Lipinski definition) is 2. The Morgan fingerprint density at radius 3 is 2.31 bits per heavy atom. The Morgan fingerprint density at radius 1 is 1.00 bits per heavy atom. The SMILES string of the molecule is CCc1ccc(S(=O)(=O)NCCc2c(-c3cccs3)n[nH]c2-c2cccs2)cc1. The van der Waals surface area contributed by atoms with Gasteiger partial charge in [-0.2, -0.15) is 5.10 Å². The van der Waals surface area contributed by atoms with Gasteiger partial charge in [0, 0.05) is 12.1 Å². The highest BCUT2D eigenvalue weighted by molar-refractivity contribution is 7.89. The van der Waals surface area contributed by atoms with Gasteiger partial charge < -0.3 is 0 Å². The number of H-pyrrole nitrogens is 1. The van der Waals surface area contributed by atoms with Gasteiger partial charge in [0.15, 0.2) is 0 Å². The number of nitrogens with one attached hydrogen (secondary N) is 2. The van der Waals surface area contributed by atoms with Crippen molar-refractivity contribution in [3.63, 3.8) is 0 Å². The summed E-state index contributed by atoms with van der Waals surface area (Å²) < 4.78 is 28.0. The molecule has 3 aromatic heterocycles. The molecule has 0 amide bonds. The van der Waals surface area contributed by atoms with Crippen LogP contribution in [0.1, 0.15) is 18.1 Å². The first-order chi connectivity index (χ1) is 14.1. The number of aromatic amines is 1. The van der Waals surface area contributed by atoms with Gasteiger partial charge in [-0.25, -0.2) is 13.1 Å². The minimum atomic E-state index is -3.55. The molecule has 0 fully saturated rings. The van der Waals surface area contributed by atoms with E-state index in [4.69, 9.17) is 0 Å². The average molecular weight is 444 g/mol. The molecule has 0 aliphatic rings. The van der Waals surface area contributed by atoms with Gasteiger partial charge >= 0.3 is 0 Å². The van der Waals surface area contributed by atoms with Crippen LogP contribution in [0.25, 0.3) is 21.1 Å². The fourth-order valence-corrected chi connectivity index (χ4v) is 5.67. The topological polar surface area (TPSA) is 74.8 Å². The van der Waals surface area contributed by atoms with Crippen LogP contribution < -0.4 is 4.72 Å². The Balaban J connectivity index is 1.55. The van der Waals surface area contributed by atoms with Crippen molar-refractivity contribution in [2.24, 2.45) is 0 Å². The smallest absolute Gasteiger partial charge is 0.240 e. The highest BCUT2D eigenvalue weighted by Gasteiger charge is 2.19. The number of aryl methyl sites for hydroxylation is 1. The summed E-state index contributed by atoms with van der Waals surface area (Å²) in [5, 5.41) is 11.7. The number of nitrogens with zero attached hydrogens (tertiary/aromatic N) is 1. The van der Waals surface area contributed by atoms with E-state index in [-0.39, 0.29) is 0 Å². The van der Waals surface area contributed by atoms with Crippen LogP contribution in [-0.2, 0) is 22.9 Å². The first-order valence-electron chi connectivity index (χ1n) is 9.32. The van der Waals surface area contributed by atoms with Crippen molar-refractivity contribution in [1.29, 1.82) is 0 Å². The molecule has 29 heavy (non-hydrogen) atoms. The Labute approximate surface area is 178 Å². The number of thiophene rings is 2.